The van der Waals surface area contributed by atoms with Crippen LogP contribution in [0.4, 0.5) is 0 Å². The summed E-state index contributed by atoms with van der Waals surface area (Å²) >= 11 is 0. The van der Waals surface area contributed by atoms with Crippen LogP contribution >= 0.6 is 0 Å². The van der Waals surface area contributed by atoms with Crippen molar-refractivity contribution in [1.29, 1.82) is 0 Å². The molecule has 1 atom stereocenters. The molecule has 2 aromatic carbocycles. The van der Waals surface area contributed by atoms with Gasteiger partial charge in [0.15, 0.2) is 11.4 Å². The van der Waals surface area contributed by atoms with Gasteiger partial charge in [-0.15, -0.1) is 0 Å². The van der Waals surface area contributed by atoms with E-state index < -0.39 is 0 Å². The lowest BCUT2D eigenvalue weighted by Gasteiger charge is -2.23. The second-order valence-electron chi connectivity index (χ2n) is 7.43. The zero-order valence-electron chi connectivity index (χ0n) is 16.2. The highest BCUT2D eigenvalue weighted by Gasteiger charge is 2.29. The smallest absolute Gasteiger partial charge is 0.166 e. The van der Waals surface area contributed by atoms with E-state index in [4.69, 9.17) is 9.72 Å². The number of ether oxygens (including phenoxy) is 1. The number of carbonyl (C=O) groups excluding carboxylic acids is 1. The second-order valence-corrected chi connectivity index (χ2v) is 7.43. The van der Waals surface area contributed by atoms with Gasteiger partial charge in [0, 0.05) is 19.7 Å². The molecule has 29 heavy (non-hydrogen) atoms. The molecule has 144 valence electrons. The molecule has 0 radical (unpaired) electrons. The molecule has 0 fully saturated rings. The van der Waals surface area contributed by atoms with E-state index in [1.54, 1.807) is 11.6 Å². The summed E-state index contributed by atoms with van der Waals surface area (Å²) in [6.45, 7) is 0.388. The molecule has 0 bridgehead atoms. The molecule has 5 heteroatoms. The Labute approximate surface area is 169 Å². The maximum atomic E-state index is 12.9. The van der Waals surface area contributed by atoms with E-state index in [1.165, 1.54) is 5.56 Å². The molecule has 0 aliphatic heterocycles. The van der Waals surface area contributed by atoms with Crippen LogP contribution in [-0.4, -0.2) is 27.5 Å². The first-order valence-corrected chi connectivity index (χ1v) is 9.78. The number of hydrogen-bond acceptors (Lipinski definition) is 4. The van der Waals surface area contributed by atoms with Gasteiger partial charge in [-0.2, -0.15) is 5.10 Å². The van der Waals surface area contributed by atoms with Crippen molar-refractivity contribution in [1.82, 2.24) is 14.6 Å². The van der Waals surface area contributed by atoms with Gasteiger partial charge in [0.1, 0.15) is 0 Å². The van der Waals surface area contributed by atoms with Crippen molar-refractivity contribution in [3.63, 3.8) is 0 Å². The average molecular weight is 383 g/mol. The monoisotopic (exact) mass is 383 g/mol. The lowest BCUT2D eigenvalue weighted by atomic mass is 9.82. The molecular weight excluding hydrogens is 362 g/mol. The van der Waals surface area contributed by atoms with Crippen LogP contribution < -0.4 is 0 Å². The quantitative estimate of drug-likeness (QED) is 0.522. The van der Waals surface area contributed by atoms with Gasteiger partial charge < -0.3 is 4.74 Å². The van der Waals surface area contributed by atoms with Crippen molar-refractivity contribution in [2.24, 2.45) is 0 Å². The fourth-order valence-electron chi connectivity index (χ4n) is 4.18. The molecule has 1 aliphatic rings. The van der Waals surface area contributed by atoms with E-state index in [0.29, 0.717) is 18.6 Å². The van der Waals surface area contributed by atoms with E-state index >= 15 is 0 Å². The number of methoxy groups -OCH3 is 1. The summed E-state index contributed by atoms with van der Waals surface area (Å²) in [5, 5.41) is 4.68. The van der Waals surface area contributed by atoms with Crippen LogP contribution in [0.1, 0.15) is 39.6 Å². The zero-order chi connectivity index (χ0) is 19.8. The van der Waals surface area contributed by atoms with Gasteiger partial charge in [0.2, 0.25) is 0 Å². The SMILES string of the molecule is COCc1nn2cc3c(nc2c1-c1ccccc1)CC(c1ccccc1)CC3=O. The number of nitrogens with zero attached hydrogens (tertiary/aromatic N) is 3. The molecule has 0 spiro atoms. The Hall–Kier alpha value is -3.31. The minimum Gasteiger partial charge on any atom is -0.378 e. The van der Waals surface area contributed by atoms with E-state index in [9.17, 15) is 4.79 Å². The number of benzene rings is 2. The highest BCUT2D eigenvalue weighted by Crippen LogP contribution is 2.34. The molecule has 0 saturated heterocycles. The third kappa shape index (κ3) is 3.13. The minimum atomic E-state index is 0.125. The Balaban J connectivity index is 1.66. The molecule has 5 nitrogen and oxygen atoms in total. The first-order chi connectivity index (χ1) is 14.2. The van der Waals surface area contributed by atoms with Crippen LogP contribution in [0.2, 0.25) is 0 Å². The lowest BCUT2D eigenvalue weighted by molar-refractivity contribution is 0.0962. The summed E-state index contributed by atoms with van der Waals surface area (Å²) < 4.78 is 7.10. The number of Topliss-reactive ketones (excluding diaryl/α,β-unsaturated/α-hetero) is 1. The molecule has 5 rings (SSSR count). The Morgan fingerprint density at radius 3 is 2.48 bits per heavy atom. The van der Waals surface area contributed by atoms with Gasteiger partial charge in [-0.3, -0.25) is 4.79 Å². The Bertz CT molecular complexity index is 1180. The van der Waals surface area contributed by atoms with Gasteiger partial charge in [-0.1, -0.05) is 60.7 Å². The van der Waals surface area contributed by atoms with Crippen molar-refractivity contribution in [2.45, 2.75) is 25.4 Å². The predicted octanol–water partition coefficient (Wildman–Crippen LogP) is 4.46. The van der Waals surface area contributed by atoms with Gasteiger partial charge in [-0.25, -0.2) is 9.50 Å². The van der Waals surface area contributed by atoms with Crippen molar-refractivity contribution >= 4 is 11.4 Å². The largest absolute Gasteiger partial charge is 0.378 e. The average Bonchev–Trinajstić information content (AvgIpc) is 3.11. The van der Waals surface area contributed by atoms with Crippen molar-refractivity contribution in [3.05, 3.63) is 89.4 Å². The van der Waals surface area contributed by atoms with Crippen LogP contribution in [0.15, 0.2) is 66.9 Å². The van der Waals surface area contributed by atoms with Gasteiger partial charge in [0.05, 0.1) is 29.1 Å². The first kappa shape index (κ1) is 17.8. The maximum absolute atomic E-state index is 12.9. The third-order valence-corrected chi connectivity index (χ3v) is 5.55. The van der Waals surface area contributed by atoms with Crippen LogP contribution in [-0.2, 0) is 17.8 Å². The zero-order valence-corrected chi connectivity index (χ0v) is 16.2. The molecule has 0 amide bonds. The molecule has 1 aliphatic carbocycles. The summed E-state index contributed by atoms with van der Waals surface area (Å²) in [6.07, 6.45) is 3.09. The Morgan fingerprint density at radius 1 is 1.03 bits per heavy atom. The summed E-state index contributed by atoms with van der Waals surface area (Å²) in [5.41, 5.74) is 6.31. The highest BCUT2D eigenvalue weighted by atomic mass is 16.5. The van der Waals surface area contributed by atoms with Gasteiger partial charge in [-0.05, 0) is 23.5 Å². The van der Waals surface area contributed by atoms with Crippen LogP contribution in [0, 0.1) is 0 Å². The lowest BCUT2D eigenvalue weighted by Crippen LogP contribution is -2.21. The van der Waals surface area contributed by atoms with Crippen LogP contribution in [0.5, 0.6) is 0 Å². The minimum absolute atomic E-state index is 0.125. The van der Waals surface area contributed by atoms with E-state index in [0.717, 1.165) is 34.6 Å². The summed E-state index contributed by atoms with van der Waals surface area (Å²) in [6, 6.07) is 20.3. The topological polar surface area (TPSA) is 56.5 Å². The number of carbonyl (C=O) groups is 1. The molecule has 0 N–H and O–H groups in total. The van der Waals surface area contributed by atoms with Gasteiger partial charge >= 0.3 is 0 Å². The Kier molecular flexibility index (Phi) is 4.45. The normalized spacial score (nSPS) is 16.2. The van der Waals surface area contributed by atoms with E-state index in [1.807, 2.05) is 42.6 Å². The first-order valence-electron chi connectivity index (χ1n) is 9.78. The molecule has 4 aromatic rings. The maximum Gasteiger partial charge on any atom is 0.166 e. The van der Waals surface area contributed by atoms with Crippen LogP contribution in [0.25, 0.3) is 16.8 Å². The second kappa shape index (κ2) is 7.26. The number of aromatic nitrogens is 3. The van der Waals surface area contributed by atoms with E-state index in [-0.39, 0.29) is 11.7 Å². The third-order valence-electron chi connectivity index (χ3n) is 5.55. The number of fused-ring (bicyclic) bond motifs is 2. The fraction of sp³-hybridized carbons (Fsp3) is 0.208. The standard InChI is InChI=1S/C24H21N3O2/c1-29-15-21-23(17-10-6-3-7-11-17)24-25-20-12-18(16-8-4-2-5-9-16)13-22(28)19(20)14-27(24)26-21/h2-11,14,18H,12-13,15H2,1H3. The molecule has 0 saturated carbocycles. The Morgan fingerprint density at radius 2 is 1.76 bits per heavy atom. The van der Waals surface area contributed by atoms with Crippen LogP contribution in [0.3, 0.4) is 0 Å². The molecule has 2 heterocycles. The number of ketones is 1. The predicted molar refractivity (Wildman–Crippen MR) is 111 cm³/mol. The summed E-state index contributed by atoms with van der Waals surface area (Å²) in [4.78, 5) is 17.8. The highest BCUT2D eigenvalue weighted by molar-refractivity contribution is 5.99. The number of hydrogen-bond donors (Lipinski definition) is 0. The fourth-order valence-corrected chi connectivity index (χ4v) is 4.18. The van der Waals surface area contributed by atoms with Crippen molar-refractivity contribution in [3.8, 4) is 11.1 Å². The molecule has 1 unspecified atom stereocenters. The number of rotatable bonds is 4. The molecule has 2 aromatic heterocycles. The van der Waals surface area contributed by atoms with Gasteiger partial charge in [0.25, 0.3) is 0 Å². The van der Waals surface area contributed by atoms with Crippen molar-refractivity contribution in [2.75, 3.05) is 7.11 Å². The summed E-state index contributed by atoms with van der Waals surface area (Å²) in [5.74, 6) is 0.284. The van der Waals surface area contributed by atoms with Crippen molar-refractivity contribution < 1.29 is 9.53 Å². The summed E-state index contributed by atoms with van der Waals surface area (Å²) in [7, 11) is 1.66. The van der Waals surface area contributed by atoms with E-state index in [2.05, 4.69) is 29.4 Å². The molecular formula is C24H21N3O2.